The molecule has 3 N–H and O–H groups in total. The van der Waals surface area contributed by atoms with E-state index in [4.69, 9.17) is 10.5 Å². The van der Waals surface area contributed by atoms with E-state index < -0.39 is 11.7 Å². The van der Waals surface area contributed by atoms with Gasteiger partial charge in [0.25, 0.3) is 0 Å². The molecule has 0 aliphatic rings. The number of nitrogens with one attached hydrogen (secondary N) is 1. The van der Waals surface area contributed by atoms with Gasteiger partial charge in [-0.15, -0.1) is 0 Å². The smallest absolute Gasteiger partial charge is 0.407 e. The summed E-state index contributed by atoms with van der Waals surface area (Å²) in [6.07, 6.45) is 3.07. The summed E-state index contributed by atoms with van der Waals surface area (Å²) >= 11 is 0. The highest BCUT2D eigenvalue weighted by atomic mass is 16.6. The van der Waals surface area contributed by atoms with Gasteiger partial charge in [-0.05, 0) is 50.6 Å². The largest absolute Gasteiger partial charge is 0.444 e. The van der Waals surface area contributed by atoms with Crippen LogP contribution in [0.5, 0.6) is 0 Å². The Morgan fingerprint density at radius 3 is 2.81 bits per heavy atom. The Morgan fingerprint density at radius 2 is 2.19 bits per heavy atom. The molecule has 0 fully saturated rings. The Labute approximate surface area is 123 Å². The maximum Gasteiger partial charge on any atom is 0.407 e. The second-order valence-electron chi connectivity index (χ2n) is 5.69. The summed E-state index contributed by atoms with van der Waals surface area (Å²) in [5.41, 5.74) is 7.65. The van der Waals surface area contributed by atoms with Gasteiger partial charge in [-0.3, -0.25) is 0 Å². The highest BCUT2D eigenvalue weighted by Gasteiger charge is 2.16. The van der Waals surface area contributed by atoms with E-state index in [0.29, 0.717) is 12.2 Å². The van der Waals surface area contributed by atoms with Crippen LogP contribution in [0.1, 0.15) is 26.3 Å². The van der Waals surface area contributed by atoms with Crippen molar-refractivity contribution in [3.8, 4) is 5.69 Å². The number of benzene rings is 1. The maximum absolute atomic E-state index is 11.7. The number of nitrogens with zero attached hydrogens (tertiary/aromatic N) is 2. The lowest BCUT2D eigenvalue weighted by Crippen LogP contribution is -2.32. The number of hydrogen-bond acceptors (Lipinski definition) is 4. The minimum absolute atomic E-state index is 0.315. The molecule has 6 nitrogen and oxygen atoms in total. The van der Waals surface area contributed by atoms with Gasteiger partial charge in [0.05, 0.1) is 5.69 Å². The zero-order valence-electron chi connectivity index (χ0n) is 12.5. The van der Waals surface area contributed by atoms with E-state index in [2.05, 4.69) is 10.4 Å². The first-order valence-corrected chi connectivity index (χ1v) is 6.70. The Hall–Kier alpha value is -2.50. The van der Waals surface area contributed by atoms with E-state index in [9.17, 15) is 4.79 Å². The van der Waals surface area contributed by atoms with Crippen LogP contribution >= 0.6 is 0 Å². The first-order chi connectivity index (χ1) is 9.85. The Bertz CT molecular complexity index is 615. The van der Waals surface area contributed by atoms with Gasteiger partial charge in [-0.25, -0.2) is 9.48 Å². The number of carbonyl (C=O) groups is 1. The third-order valence-electron chi connectivity index (χ3n) is 2.68. The number of amides is 1. The van der Waals surface area contributed by atoms with Crippen molar-refractivity contribution in [2.24, 2.45) is 0 Å². The summed E-state index contributed by atoms with van der Waals surface area (Å²) in [5.74, 6) is 0. The molecule has 21 heavy (non-hydrogen) atoms. The number of aromatic nitrogens is 2. The van der Waals surface area contributed by atoms with Crippen LogP contribution in [-0.2, 0) is 11.3 Å². The van der Waals surface area contributed by atoms with Crippen LogP contribution in [0.15, 0.2) is 36.7 Å². The molecule has 0 aliphatic carbocycles. The van der Waals surface area contributed by atoms with Crippen LogP contribution in [-0.4, -0.2) is 21.5 Å². The van der Waals surface area contributed by atoms with Crippen LogP contribution in [0.3, 0.4) is 0 Å². The quantitative estimate of drug-likeness (QED) is 0.850. The van der Waals surface area contributed by atoms with Gasteiger partial charge >= 0.3 is 6.09 Å². The molecule has 1 aromatic carbocycles. The van der Waals surface area contributed by atoms with Crippen molar-refractivity contribution >= 4 is 11.8 Å². The predicted octanol–water partition coefficient (Wildman–Crippen LogP) is 2.48. The molecular weight excluding hydrogens is 268 g/mol. The number of carbonyl (C=O) groups excluding carboxylic acids is 1. The molecule has 2 aromatic rings. The van der Waals surface area contributed by atoms with Gasteiger partial charge in [-0.1, -0.05) is 0 Å². The first kappa shape index (κ1) is 14.9. The van der Waals surface area contributed by atoms with E-state index in [1.807, 2.05) is 45.2 Å². The van der Waals surface area contributed by atoms with Crippen LogP contribution in [0.2, 0.25) is 0 Å². The molecule has 0 atom stereocenters. The van der Waals surface area contributed by atoms with Crippen molar-refractivity contribution in [1.29, 1.82) is 0 Å². The minimum Gasteiger partial charge on any atom is -0.444 e. The van der Waals surface area contributed by atoms with E-state index in [1.54, 1.807) is 16.9 Å². The zero-order valence-corrected chi connectivity index (χ0v) is 12.5. The molecule has 1 aromatic heterocycles. The van der Waals surface area contributed by atoms with Crippen LogP contribution in [0, 0.1) is 0 Å². The highest BCUT2D eigenvalue weighted by Crippen LogP contribution is 2.17. The third kappa shape index (κ3) is 4.24. The number of hydrogen-bond donors (Lipinski definition) is 2. The second kappa shape index (κ2) is 5.87. The standard InChI is InChI=1S/C15H20N4O2/c1-15(2,3)21-14(20)17-10-11-9-12(16)5-6-13(11)19-8-4-7-18-19/h4-9H,10,16H2,1-3H3,(H,17,20). The molecule has 1 amide bonds. The first-order valence-electron chi connectivity index (χ1n) is 6.70. The number of rotatable bonds is 3. The van der Waals surface area contributed by atoms with E-state index in [0.717, 1.165) is 11.3 Å². The molecule has 0 saturated heterocycles. The zero-order chi connectivity index (χ0) is 15.5. The van der Waals surface area contributed by atoms with Gasteiger partial charge in [-0.2, -0.15) is 5.10 Å². The van der Waals surface area contributed by atoms with Crippen molar-refractivity contribution in [1.82, 2.24) is 15.1 Å². The van der Waals surface area contributed by atoms with Crippen LogP contribution in [0.25, 0.3) is 5.69 Å². The third-order valence-corrected chi connectivity index (χ3v) is 2.68. The van der Waals surface area contributed by atoms with E-state index in [1.165, 1.54) is 0 Å². The summed E-state index contributed by atoms with van der Waals surface area (Å²) in [5, 5.41) is 6.92. The fraction of sp³-hybridized carbons (Fsp3) is 0.333. The number of anilines is 1. The normalized spacial score (nSPS) is 11.2. The van der Waals surface area contributed by atoms with Gasteiger partial charge in [0.2, 0.25) is 0 Å². The molecule has 6 heteroatoms. The summed E-state index contributed by atoms with van der Waals surface area (Å²) < 4.78 is 6.94. The molecule has 0 saturated carbocycles. The van der Waals surface area contributed by atoms with E-state index in [-0.39, 0.29) is 0 Å². The van der Waals surface area contributed by atoms with Gasteiger partial charge < -0.3 is 15.8 Å². The molecule has 2 rings (SSSR count). The SMILES string of the molecule is CC(C)(C)OC(=O)NCc1cc(N)ccc1-n1cccn1. The van der Waals surface area contributed by atoms with Crippen molar-refractivity contribution < 1.29 is 9.53 Å². The van der Waals surface area contributed by atoms with Gasteiger partial charge in [0.15, 0.2) is 0 Å². The molecule has 112 valence electrons. The lowest BCUT2D eigenvalue weighted by molar-refractivity contribution is 0.0523. The second-order valence-corrected chi connectivity index (χ2v) is 5.69. The topological polar surface area (TPSA) is 82.2 Å². The molecule has 1 heterocycles. The molecule has 0 unspecified atom stereocenters. The maximum atomic E-state index is 11.7. The molecular formula is C15H20N4O2. The lowest BCUT2D eigenvalue weighted by atomic mass is 10.1. The number of alkyl carbamates (subject to hydrolysis) is 1. The fourth-order valence-electron chi connectivity index (χ4n) is 1.86. The van der Waals surface area contributed by atoms with E-state index >= 15 is 0 Å². The molecule has 0 spiro atoms. The monoisotopic (exact) mass is 288 g/mol. The average Bonchev–Trinajstić information content (AvgIpc) is 2.88. The molecule has 0 radical (unpaired) electrons. The molecule has 0 bridgehead atoms. The lowest BCUT2D eigenvalue weighted by Gasteiger charge is -2.20. The minimum atomic E-state index is -0.523. The van der Waals surface area contributed by atoms with Gasteiger partial charge in [0, 0.05) is 24.6 Å². The highest BCUT2D eigenvalue weighted by molar-refractivity contribution is 5.68. The van der Waals surface area contributed by atoms with Gasteiger partial charge in [0.1, 0.15) is 5.60 Å². The Morgan fingerprint density at radius 1 is 1.43 bits per heavy atom. The van der Waals surface area contributed by atoms with Crippen LogP contribution < -0.4 is 11.1 Å². The van der Waals surface area contributed by atoms with Crippen molar-refractivity contribution in [3.05, 3.63) is 42.2 Å². The van der Waals surface area contributed by atoms with Crippen molar-refractivity contribution in [2.75, 3.05) is 5.73 Å². The average molecular weight is 288 g/mol. The summed E-state index contributed by atoms with van der Waals surface area (Å²) in [6.45, 7) is 5.78. The summed E-state index contributed by atoms with van der Waals surface area (Å²) in [6, 6.07) is 7.32. The summed E-state index contributed by atoms with van der Waals surface area (Å²) in [7, 11) is 0. The number of nitrogens with two attached hydrogens (primary N) is 1. The van der Waals surface area contributed by atoms with Crippen molar-refractivity contribution in [2.45, 2.75) is 32.9 Å². The number of ether oxygens (including phenoxy) is 1. The molecule has 0 aliphatic heterocycles. The predicted molar refractivity (Wildman–Crippen MR) is 81.1 cm³/mol. The Balaban J connectivity index is 2.13. The van der Waals surface area contributed by atoms with Crippen molar-refractivity contribution in [3.63, 3.8) is 0 Å². The summed E-state index contributed by atoms with van der Waals surface area (Å²) in [4.78, 5) is 11.7. The number of nitrogen functional groups attached to an aromatic ring is 1. The fourth-order valence-corrected chi connectivity index (χ4v) is 1.86. The Kier molecular flexibility index (Phi) is 4.16. The van der Waals surface area contributed by atoms with Crippen LogP contribution in [0.4, 0.5) is 10.5 Å².